The number of carbonyl (C=O) groups is 2. The molecule has 0 spiro atoms. The van der Waals surface area contributed by atoms with Crippen molar-refractivity contribution in [2.45, 2.75) is 18.9 Å². The molecule has 0 bridgehead atoms. The van der Waals surface area contributed by atoms with Crippen LogP contribution in [0.2, 0.25) is 0 Å². The van der Waals surface area contributed by atoms with E-state index in [0.717, 1.165) is 12.8 Å². The monoisotopic (exact) mass is 225 g/mol. The molecule has 0 radical (unpaired) electrons. The van der Waals surface area contributed by atoms with E-state index in [1.165, 1.54) is 11.3 Å². The quantitative estimate of drug-likeness (QED) is 0.720. The van der Waals surface area contributed by atoms with E-state index >= 15 is 0 Å². The number of primary amides is 1. The van der Waals surface area contributed by atoms with Crippen LogP contribution in [0.15, 0.2) is 11.4 Å². The summed E-state index contributed by atoms with van der Waals surface area (Å²) in [6.45, 7) is 0. The summed E-state index contributed by atoms with van der Waals surface area (Å²) in [5.74, 6) is -0.530. The topological polar surface area (TPSA) is 84.2 Å². The third-order valence-corrected chi connectivity index (χ3v) is 2.90. The van der Waals surface area contributed by atoms with Gasteiger partial charge >= 0.3 is 6.03 Å². The van der Waals surface area contributed by atoms with Crippen molar-refractivity contribution in [3.8, 4) is 0 Å². The smallest absolute Gasteiger partial charge is 0.320 e. The summed E-state index contributed by atoms with van der Waals surface area (Å²) in [7, 11) is 0. The van der Waals surface area contributed by atoms with Crippen molar-refractivity contribution in [3.05, 3.63) is 17.0 Å². The fourth-order valence-electron chi connectivity index (χ4n) is 1.15. The van der Waals surface area contributed by atoms with E-state index in [4.69, 9.17) is 5.73 Å². The van der Waals surface area contributed by atoms with Crippen molar-refractivity contribution in [2.75, 3.05) is 5.32 Å². The second-order valence-electron chi connectivity index (χ2n) is 3.40. The lowest BCUT2D eigenvalue weighted by atomic mass is 10.3. The Morgan fingerprint density at radius 1 is 1.47 bits per heavy atom. The van der Waals surface area contributed by atoms with Gasteiger partial charge in [-0.2, -0.15) is 0 Å². The first kappa shape index (κ1) is 9.97. The summed E-state index contributed by atoms with van der Waals surface area (Å²) in [5, 5.41) is 7.59. The summed E-state index contributed by atoms with van der Waals surface area (Å²) in [6, 6.07) is 1.61. The highest BCUT2D eigenvalue weighted by Gasteiger charge is 2.23. The Bertz CT molecular complexity index is 398. The summed E-state index contributed by atoms with van der Waals surface area (Å²) < 4.78 is 0. The molecule has 0 saturated heterocycles. The van der Waals surface area contributed by atoms with Gasteiger partial charge in [0.25, 0.3) is 5.91 Å². The van der Waals surface area contributed by atoms with Crippen molar-refractivity contribution in [1.29, 1.82) is 0 Å². The molecule has 0 unspecified atom stereocenters. The van der Waals surface area contributed by atoms with Gasteiger partial charge in [-0.25, -0.2) is 4.79 Å². The molecular weight excluding hydrogens is 214 g/mol. The molecule has 1 aromatic heterocycles. The first-order valence-electron chi connectivity index (χ1n) is 4.61. The van der Waals surface area contributed by atoms with Crippen molar-refractivity contribution in [2.24, 2.45) is 5.73 Å². The van der Waals surface area contributed by atoms with Crippen LogP contribution in [0.5, 0.6) is 0 Å². The molecule has 1 saturated carbocycles. The van der Waals surface area contributed by atoms with Gasteiger partial charge in [-0.1, -0.05) is 0 Å². The lowest BCUT2D eigenvalue weighted by Crippen LogP contribution is -2.30. The maximum absolute atomic E-state index is 11.4. The molecule has 1 aromatic rings. The molecule has 0 atom stereocenters. The average molecular weight is 225 g/mol. The Labute approximate surface area is 90.7 Å². The number of thiophene rings is 1. The minimum absolute atomic E-state index is 0.276. The second-order valence-corrected chi connectivity index (χ2v) is 4.32. The summed E-state index contributed by atoms with van der Waals surface area (Å²) in [4.78, 5) is 22.3. The van der Waals surface area contributed by atoms with Crippen molar-refractivity contribution in [3.63, 3.8) is 0 Å². The largest absolute Gasteiger partial charge is 0.366 e. The Morgan fingerprint density at radius 2 is 2.20 bits per heavy atom. The molecule has 1 aliphatic carbocycles. The standard InChI is InChI=1S/C9H11N3O2S/c10-7(13)6-3-4-15-8(6)12-9(14)11-5-1-2-5/h3-5H,1-2H2,(H2,10,13)(H2,11,12,14). The van der Waals surface area contributed by atoms with Crippen LogP contribution in [0.1, 0.15) is 23.2 Å². The second kappa shape index (κ2) is 3.90. The Balaban J connectivity index is 1.99. The molecule has 2 rings (SSSR count). The molecule has 80 valence electrons. The third kappa shape index (κ3) is 2.47. The van der Waals surface area contributed by atoms with E-state index in [2.05, 4.69) is 10.6 Å². The summed E-state index contributed by atoms with van der Waals surface area (Å²) in [5.41, 5.74) is 5.50. The molecule has 3 amide bonds. The van der Waals surface area contributed by atoms with Crippen LogP contribution in [-0.2, 0) is 0 Å². The van der Waals surface area contributed by atoms with E-state index in [9.17, 15) is 9.59 Å². The van der Waals surface area contributed by atoms with E-state index in [1.54, 1.807) is 11.4 Å². The number of hydrogen-bond donors (Lipinski definition) is 3. The van der Waals surface area contributed by atoms with Crippen LogP contribution in [0.3, 0.4) is 0 Å². The van der Waals surface area contributed by atoms with Crippen LogP contribution in [0.4, 0.5) is 9.80 Å². The Morgan fingerprint density at radius 3 is 2.80 bits per heavy atom. The van der Waals surface area contributed by atoms with Gasteiger partial charge in [0.1, 0.15) is 5.00 Å². The van der Waals surface area contributed by atoms with E-state index in [-0.39, 0.29) is 6.03 Å². The predicted octanol–water partition coefficient (Wildman–Crippen LogP) is 1.13. The van der Waals surface area contributed by atoms with Gasteiger partial charge in [-0.3, -0.25) is 10.1 Å². The van der Waals surface area contributed by atoms with Crippen LogP contribution in [0.25, 0.3) is 0 Å². The van der Waals surface area contributed by atoms with Crippen molar-refractivity contribution >= 4 is 28.3 Å². The Kier molecular flexibility index (Phi) is 2.59. The lowest BCUT2D eigenvalue weighted by Gasteiger charge is -2.05. The van der Waals surface area contributed by atoms with Gasteiger partial charge in [-0.05, 0) is 24.3 Å². The van der Waals surface area contributed by atoms with Gasteiger partial charge in [-0.15, -0.1) is 11.3 Å². The normalized spacial score (nSPS) is 14.7. The first-order valence-corrected chi connectivity index (χ1v) is 5.49. The van der Waals surface area contributed by atoms with Gasteiger partial charge < -0.3 is 11.1 Å². The highest BCUT2D eigenvalue weighted by atomic mass is 32.1. The number of carbonyl (C=O) groups excluding carboxylic acids is 2. The van der Waals surface area contributed by atoms with Crippen molar-refractivity contribution in [1.82, 2.24) is 5.32 Å². The van der Waals surface area contributed by atoms with Crippen LogP contribution < -0.4 is 16.4 Å². The molecule has 5 nitrogen and oxygen atoms in total. The first-order chi connectivity index (χ1) is 7.16. The highest BCUT2D eigenvalue weighted by Crippen LogP contribution is 2.23. The van der Waals surface area contributed by atoms with E-state index in [1.807, 2.05) is 0 Å². The molecule has 1 aliphatic rings. The maximum Gasteiger partial charge on any atom is 0.320 e. The summed E-state index contributed by atoms with van der Waals surface area (Å²) >= 11 is 1.28. The molecule has 1 heterocycles. The summed E-state index contributed by atoms with van der Waals surface area (Å²) in [6.07, 6.45) is 2.06. The van der Waals surface area contributed by atoms with Crippen molar-refractivity contribution < 1.29 is 9.59 Å². The number of nitrogens with one attached hydrogen (secondary N) is 2. The zero-order chi connectivity index (χ0) is 10.8. The number of hydrogen-bond acceptors (Lipinski definition) is 3. The van der Waals surface area contributed by atoms with Crippen LogP contribution in [0, 0.1) is 0 Å². The molecule has 6 heteroatoms. The zero-order valence-corrected chi connectivity index (χ0v) is 8.76. The molecule has 0 aliphatic heterocycles. The zero-order valence-electron chi connectivity index (χ0n) is 7.95. The highest BCUT2D eigenvalue weighted by molar-refractivity contribution is 7.14. The number of nitrogens with two attached hydrogens (primary N) is 1. The van der Waals surface area contributed by atoms with Gasteiger partial charge in [0.2, 0.25) is 0 Å². The van der Waals surface area contributed by atoms with E-state index in [0.29, 0.717) is 16.6 Å². The van der Waals surface area contributed by atoms with E-state index < -0.39 is 5.91 Å². The van der Waals surface area contributed by atoms with Crippen LogP contribution in [-0.4, -0.2) is 18.0 Å². The molecule has 0 aromatic carbocycles. The molecule has 4 N–H and O–H groups in total. The van der Waals surface area contributed by atoms with Gasteiger partial charge in [0, 0.05) is 6.04 Å². The number of anilines is 1. The number of amides is 3. The molecule has 1 fully saturated rings. The number of rotatable bonds is 3. The number of urea groups is 1. The predicted molar refractivity (Wildman–Crippen MR) is 58.0 cm³/mol. The average Bonchev–Trinajstić information content (AvgIpc) is 2.82. The molecular formula is C9H11N3O2S. The fraction of sp³-hybridized carbons (Fsp3) is 0.333. The van der Waals surface area contributed by atoms with Gasteiger partial charge in [0.05, 0.1) is 5.56 Å². The Hall–Kier alpha value is -1.56. The van der Waals surface area contributed by atoms with Gasteiger partial charge in [0.15, 0.2) is 0 Å². The SMILES string of the molecule is NC(=O)c1ccsc1NC(=O)NC1CC1. The van der Waals surface area contributed by atoms with Crippen LogP contribution >= 0.6 is 11.3 Å². The maximum atomic E-state index is 11.4. The third-order valence-electron chi connectivity index (χ3n) is 2.07. The fourth-order valence-corrected chi connectivity index (χ4v) is 1.94. The molecule has 15 heavy (non-hydrogen) atoms. The minimum Gasteiger partial charge on any atom is -0.366 e. The minimum atomic E-state index is -0.530. The lowest BCUT2D eigenvalue weighted by molar-refractivity contribution is 0.100.